The molecule has 0 aromatic carbocycles. The van der Waals surface area contributed by atoms with Gasteiger partial charge < -0.3 is 9.84 Å². The van der Waals surface area contributed by atoms with Crippen molar-refractivity contribution in [3.05, 3.63) is 22.4 Å². The Morgan fingerprint density at radius 2 is 2.37 bits per heavy atom. The molecule has 2 aromatic heterocycles. The molecule has 0 spiro atoms. The highest BCUT2D eigenvalue weighted by Crippen LogP contribution is 2.28. The molecule has 3 heterocycles. The lowest BCUT2D eigenvalue weighted by atomic mass is 10.2. The Hall–Kier alpha value is -1.47. The van der Waals surface area contributed by atoms with E-state index >= 15 is 0 Å². The predicted molar refractivity (Wildman–Crippen MR) is 71.0 cm³/mol. The monoisotopic (exact) mass is 325 g/mol. The fourth-order valence-corrected chi connectivity index (χ4v) is 2.60. The van der Waals surface area contributed by atoms with Gasteiger partial charge in [-0.1, -0.05) is 0 Å². The van der Waals surface area contributed by atoms with E-state index in [2.05, 4.69) is 26.0 Å². The first-order valence-electron chi connectivity index (χ1n) is 6.05. The van der Waals surface area contributed by atoms with Crippen molar-refractivity contribution < 1.29 is 14.6 Å². The van der Waals surface area contributed by atoms with Crippen LogP contribution in [0.2, 0.25) is 0 Å². The maximum absolute atomic E-state index is 11.3. The minimum absolute atomic E-state index is 0.0120. The van der Waals surface area contributed by atoms with Crippen molar-refractivity contribution in [3.63, 3.8) is 0 Å². The molecule has 7 heteroatoms. The molecule has 0 aliphatic carbocycles. The molecule has 1 saturated heterocycles. The van der Waals surface area contributed by atoms with E-state index in [1.165, 1.54) is 0 Å². The lowest BCUT2D eigenvalue weighted by Crippen LogP contribution is -2.19. The number of carboxylic acids is 1. The summed E-state index contributed by atoms with van der Waals surface area (Å²) in [6.07, 6.45) is 4.31. The molecular formula is C12H12BrN3O3. The van der Waals surface area contributed by atoms with Crippen molar-refractivity contribution in [3.8, 4) is 0 Å². The van der Waals surface area contributed by atoms with Crippen molar-refractivity contribution in [1.29, 1.82) is 0 Å². The molecule has 1 unspecified atom stereocenters. The molecule has 2 aromatic rings. The number of hydrogen-bond acceptors (Lipinski definition) is 4. The smallest absolute Gasteiger partial charge is 0.357 e. The lowest BCUT2D eigenvalue weighted by molar-refractivity contribution is -0.0372. The zero-order chi connectivity index (χ0) is 13.4. The molecule has 0 radical (unpaired) electrons. The highest BCUT2D eigenvalue weighted by Gasteiger charge is 2.24. The summed E-state index contributed by atoms with van der Waals surface area (Å²) in [7, 11) is 0. The molecule has 6 nitrogen and oxygen atoms in total. The van der Waals surface area contributed by atoms with Crippen LogP contribution in [0.15, 0.2) is 16.7 Å². The zero-order valence-corrected chi connectivity index (χ0v) is 11.6. The van der Waals surface area contributed by atoms with Crippen LogP contribution >= 0.6 is 15.9 Å². The predicted octanol–water partition coefficient (Wildman–Crippen LogP) is 2.59. The Bertz CT molecular complexity index is 634. The van der Waals surface area contributed by atoms with Crippen LogP contribution in [0, 0.1) is 0 Å². The Labute approximate surface area is 117 Å². The lowest BCUT2D eigenvalue weighted by Gasteiger charge is -2.22. The fraction of sp³-hybridized carbons (Fsp3) is 0.417. The van der Waals surface area contributed by atoms with Gasteiger partial charge in [0.2, 0.25) is 0 Å². The maximum atomic E-state index is 11.3. The Morgan fingerprint density at radius 1 is 1.53 bits per heavy atom. The molecule has 1 fully saturated rings. The second-order valence-corrected chi connectivity index (χ2v) is 5.36. The third-order valence-corrected chi connectivity index (χ3v) is 3.58. The summed E-state index contributed by atoms with van der Waals surface area (Å²) in [4.78, 5) is 15.5. The van der Waals surface area contributed by atoms with Gasteiger partial charge in [0, 0.05) is 17.3 Å². The van der Waals surface area contributed by atoms with E-state index in [1.807, 2.05) is 0 Å². The third kappa shape index (κ3) is 2.23. The molecule has 0 bridgehead atoms. The molecule has 0 saturated carbocycles. The molecule has 0 amide bonds. The van der Waals surface area contributed by atoms with Gasteiger partial charge in [0.15, 0.2) is 17.6 Å². The second kappa shape index (κ2) is 4.90. The maximum Gasteiger partial charge on any atom is 0.357 e. The number of aromatic carboxylic acids is 1. The van der Waals surface area contributed by atoms with Crippen LogP contribution in [-0.2, 0) is 4.74 Å². The van der Waals surface area contributed by atoms with Gasteiger partial charge in [-0.15, -0.1) is 0 Å². The van der Waals surface area contributed by atoms with Crippen LogP contribution in [0.25, 0.3) is 11.0 Å². The fourth-order valence-electron chi connectivity index (χ4n) is 2.27. The molecule has 100 valence electrons. The van der Waals surface area contributed by atoms with Crippen LogP contribution in [0.5, 0.6) is 0 Å². The highest BCUT2D eigenvalue weighted by molar-refractivity contribution is 9.10. The van der Waals surface area contributed by atoms with Crippen molar-refractivity contribution in [2.45, 2.75) is 25.5 Å². The largest absolute Gasteiger partial charge is 0.476 e. The standard InChI is InChI=1S/C12H12BrN3O3/c13-7-5-8-10(12(17)18)15-16(11(8)14-6-7)9-3-1-2-4-19-9/h5-6,9H,1-4H2,(H,17,18). The van der Waals surface area contributed by atoms with E-state index in [0.29, 0.717) is 17.6 Å². The molecule has 19 heavy (non-hydrogen) atoms. The number of halogens is 1. The summed E-state index contributed by atoms with van der Waals surface area (Å²) in [5.74, 6) is -1.06. The number of ether oxygens (including phenoxy) is 1. The van der Waals surface area contributed by atoms with E-state index in [4.69, 9.17) is 4.74 Å². The van der Waals surface area contributed by atoms with E-state index in [-0.39, 0.29) is 11.9 Å². The van der Waals surface area contributed by atoms with Crippen molar-refractivity contribution in [2.24, 2.45) is 0 Å². The van der Waals surface area contributed by atoms with Crippen LogP contribution in [0.4, 0.5) is 0 Å². The summed E-state index contributed by atoms with van der Waals surface area (Å²) in [5, 5.41) is 13.9. The van der Waals surface area contributed by atoms with Crippen molar-refractivity contribution in [1.82, 2.24) is 14.8 Å². The van der Waals surface area contributed by atoms with Gasteiger partial charge in [0.05, 0.1) is 5.39 Å². The Balaban J connectivity index is 2.16. The summed E-state index contributed by atoms with van der Waals surface area (Å²) in [6, 6.07) is 1.72. The molecule has 1 N–H and O–H groups in total. The van der Waals surface area contributed by atoms with Crippen LogP contribution in [0.3, 0.4) is 0 Å². The summed E-state index contributed by atoms with van der Waals surface area (Å²) in [5.41, 5.74) is 0.561. The minimum atomic E-state index is -1.06. The summed E-state index contributed by atoms with van der Waals surface area (Å²) in [6.45, 7) is 0.672. The molecule has 3 rings (SSSR count). The molecule has 1 aliphatic rings. The first-order chi connectivity index (χ1) is 9.16. The van der Waals surface area contributed by atoms with Gasteiger partial charge in [-0.25, -0.2) is 14.5 Å². The average Bonchev–Trinajstić information content (AvgIpc) is 2.78. The van der Waals surface area contributed by atoms with Gasteiger partial charge in [0.25, 0.3) is 0 Å². The Kier molecular flexibility index (Phi) is 3.24. The average molecular weight is 326 g/mol. The number of carboxylic acid groups (broad SMARTS) is 1. The van der Waals surface area contributed by atoms with Gasteiger partial charge in [-0.05, 0) is 41.3 Å². The number of rotatable bonds is 2. The molecular weight excluding hydrogens is 314 g/mol. The van der Waals surface area contributed by atoms with E-state index in [1.54, 1.807) is 16.9 Å². The van der Waals surface area contributed by atoms with E-state index in [0.717, 1.165) is 23.7 Å². The zero-order valence-electron chi connectivity index (χ0n) is 10.0. The SMILES string of the molecule is O=C(O)c1nn(C2CCCCO2)c2ncc(Br)cc12. The van der Waals surface area contributed by atoms with Gasteiger partial charge in [-0.2, -0.15) is 5.10 Å². The molecule has 1 atom stereocenters. The highest BCUT2D eigenvalue weighted by atomic mass is 79.9. The normalized spacial score (nSPS) is 19.7. The van der Waals surface area contributed by atoms with Crippen LogP contribution in [0.1, 0.15) is 36.0 Å². The van der Waals surface area contributed by atoms with E-state index < -0.39 is 5.97 Å². The van der Waals surface area contributed by atoms with Crippen LogP contribution in [-0.4, -0.2) is 32.4 Å². The number of aromatic nitrogens is 3. The first-order valence-corrected chi connectivity index (χ1v) is 6.85. The van der Waals surface area contributed by atoms with Crippen LogP contribution < -0.4 is 0 Å². The molecule has 1 aliphatic heterocycles. The summed E-state index contributed by atoms with van der Waals surface area (Å²) >= 11 is 3.30. The summed E-state index contributed by atoms with van der Waals surface area (Å²) < 4.78 is 7.97. The van der Waals surface area contributed by atoms with Crippen molar-refractivity contribution in [2.75, 3.05) is 6.61 Å². The number of pyridine rings is 1. The first kappa shape index (κ1) is 12.6. The van der Waals surface area contributed by atoms with Crippen molar-refractivity contribution >= 4 is 32.9 Å². The number of hydrogen-bond donors (Lipinski definition) is 1. The minimum Gasteiger partial charge on any atom is -0.476 e. The number of carbonyl (C=O) groups is 1. The number of fused-ring (bicyclic) bond motifs is 1. The van der Waals surface area contributed by atoms with Gasteiger partial charge >= 0.3 is 5.97 Å². The van der Waals surface area contributed by atoms with Gasteiger partial charge in [0.1, 0.15) is 0 Å². The topological polar surface area (TPSA) is 77.2 Å². The second-order valence-electron chi connectivity index (χ2n) is 4.44. The number of nitrogens with zero attached hydrogens (tertiary/aromatic N) is 3. The third-order valence-electron chi connectivity index (χ3n) is 3.14. The van der Waals surface area contributed by atoms with Gasteiger partial charge in [-0.3, -0.25) is 0 Å². The quantitative estimate of drug-likeness (QED) is 0.918. The van der Waals surface area contributed by atoms with E-state index in [9.17, 15) is 9.90 Å². The Morgan fingerprint density at radius 3 is 3.05 bits per heavy atom.